The van der Waals surface area contributed by atoms with Crippen LogP contribution in [0.4, 0.5) is 0 Å². The van der Waals surface area contributed by atoms with Gasteiger partial charge in [-0.25, -0.2) is 5.43 Å². The van der Waals surface area contributed by atoms with Crippen LogP contribution in [0.2, 0.25) is 0 Å². The van der Waals surface area contributed by atoms with Crippen LogP contribution in [0.5, 0.6) is 0 Å². The minimum atomic E-state index is -0.0200. The molecule has 1 aliphatic rings. The first-order valence-electron chi connectivity index (χ1n) is 3.25. The van der Waals surface area contributed by atoms with E-state index >= 15 is 0 Å². The van der Waals surface area contributed by atoms with E-state index in [4.69, 9.17) is 0 Å². The highest BCUT2D eigenvalue weighted by molar-refractivity contribution is 7.12. The van der Waals surface area contributed by atoms with Crippen LogP contribution in [0.1, 0.15) is 11.3 Å². The monoisotopic (exact) mass is 166 g/mol. The lowest BCUT2D eigenvalue weighted by Crippen LogP contribution is -2.09. The third kappa shape index (κ3) is 1.17. The smallest absolute Gasteiger partial charge is 0.246 e. The van der Waals surface area contributed by atoms with Gasteiger partial charge in [0.2, 0.25) is 5.91 Å². The van der Waals surface area contributed by atoms with Crippen LogP contribution in [-0.4, -0.2) is 11.6 Å². The van der Waals surface area contributed by atoms with E-state index in [-0.39, 0.29) is 5.91 Å². The average Bonchev–Trinajstić information content (AvgIpc) is 2.55. The van der Waals surface area contributed by atoms with Gasteiger partial charge in [-0.15, -0.1) is 11.3 Å². The first-order valence-corrected chi connectivity index (χ1v) is 4.13. The lowest BCUT2D eigenvalue weighted by molar-refractivity contribution is -0.119. The van der Waals surface area contributed by atoms with E-state index in [2.05, 4.69) is 10.5 Å². The molecule has 56 valence electrons. The van der Waals surface area contributed by atoms with Crippen molar-refractivity contribution >= 4 is 23.0 Å². The second-order valence-electron chi connectivity index (χ2n) is 2.25. The minimum absolute atomic E-state index is 0.0200. The van der Waals surface area contributed by atoms with Crippen molar-refractivity contribution in [1.82, 2.24) is 5.43 Å². The van der Waals surface area contributed by atoms with E-state index < -0.39 is 0 Å². The van der Waals surface area contributed by atoms with Crippen LogP contribution in [0, 0.1) is 0 Å². The Morgan fingerprint density at radius 3 is 3.09 bits per heavy atom. The molecule has 0 atom stereocenters. The quantitative estimate of drug-likeness (QED) is 0.663. The van der Waals surface area contributed by atoms with E-state index in [1.54, 1.807) is 11.3 Å². The Hall–Kier alpha value is -1.16. The fraction of sp³-hybridized carbons (Fsp3) is 0.143. The molecule has 1 aromatic heterocycles. The average molecular weight is 166 g/mol. The van der Waals surface area contributed by atoms with Crippen LogP contribution in [0.25, 0.3) is 0 Å². The van der Waals surface area contributed by atoms with Crippen LogP contribution < -0.4 is 5.43 Å². The largest absolute Gasteiger partial charge is 0.273 e. The van der Waals surface area contributed by atoms with E-state index in [9.17, 15) is 4.79 Å². The zero-order valence-electron chi connectivity index (χ0n) is 5.70. The summed E-state index contributed by atoms with van der Waals surface area (Å²) in [6.45, 7) is 0. The molecule has 1 amide bonds. The minimum Gasteiger partial charge on any atom is -0.273 e. The van der Waals surface area contributed by atoms with Gasteiger partial charge in [0.25, 0.3) is 0 Å². The molecule has 0 fully saturated rings. The Balaban J connectivity index is 2.26. The summed E-state index contributed by atoms with van der Waals surface area (Å²) in [5, 5.41) is 5.86. The molecule has 0 aliphatic carbocycles. The lowest BCUT2D eigenvalue weighted by Gasteiger charge is -1.87. The highest BCUT2D eigenvalue weighted by Gasteiger charge is 2.16. The first-order chi connectivity index (χ1) is 5.36. The fourth-order valence-corrected chi connectivity index (χ4v) is 1.66. The van der Waals surface area contributed by atoms with Crippen LogP contribution in [0.15, 0.2) is 22.6 Å². The van der Waals surface area contributed by atoms with Crippen molar-refractivity contribution in [2.24, 2.45) is 5.10 Å². The summed E-state index contributed by atoms with van der Waals surface area (Å²) in [7, 11) is 0. The van der Waals surface area contributed by atoms with E-state index in [0.717, 1.165) is 10.6 Å². The SMILES string of the molecule is O=C1CC(c2cccs2)=NN1. The summed E-state index contributed by atoms with van der Waals surface area (Å²) in [5.41, 5.74) is 3.27. The molecule has 0 spiro atoms. The Bertz CT molecular complexity index is 302. The van der Waals surface area contributed by atoms with Gasteiger partial charge < -0.3 is 0 Å². The lowest BCUT2D eigenvalue weighted by atomic mass is 10.2. The molecule has 2 heterocycles. The van der Waals surface area contributed by atoms with Gasteiger partial charge in [-0.05, 0) is 11.4 Å². The zero-order valence-corrected chi connectivity index (χ0v) is 6.52. The first kappa shape index (κ1) is 6.54. The maximum atomic E-state index is 10.7. The molecule has 3 nitrogen and oxygen atoms in total. The molecule has 1 aromatic rings. The number of hydrogen-bond donors (Lipinski definition) is 1. The molecule has 0 unspecified atom stereocenters. The summed E-state index contributed by atoms with van der Waals surface area (Å²) in [6.07, 6.45) is 0.417. The molecule has 0 saturated carbocycles. The second-order valence-corrected chi connectivity index (χ2v) is 3.20. The number of hydrazone groups is 1. The van der Waals surface area contributed by atoms with Gasteiger partial charge in [0.1, 0.15) is 0 Å². The number of nitrogens with one attached hydrogen (secondary N) is 1. The zero-order chi connectivity index (χ0) is 7.68. The van der Waals surface area contributed by atoms with Crippen molar-refractivity contribution in [3.63, 3.8) is 0 Å². The molecule has 0 radical (unpaired) electrons. The highest BCUT2D eigenvalue weighted by atomic mass is 32.1. The van der Waals surface area contributed by atoms with E-state index in [1.165, 1.54) is 0 Å². The van der Waals surface area contributed by atoms with E-state index in [0.29, 0.717) is 6.42 Å². The van der Waals surface area contributed by atoms with Crippen molar-refractivity contribution < 1.29 is 4.79 Å². The number of carbonyl (C=O) groups is 1. The van der Waals surface area contributed by atoms with Crippen molar-refractivity contribution in [2.45, 2.75) is 6.42 Å². The number of thiophene rings is 1. The maximum absolute atomic E-state index is 10.7. The van der Waals surface area contributed by atoms with Crippen molar-refractivity contribution in [3.05, 3.63) is 22.4 Å². The third-order valence-corrected chi connectivity index (χ3v) is 2.37. The number of nitrogens with zero attached hydrogens (tertiary/aromatic N) is 1. The normalized spacial score (nSPS) is 16.4. The summed E-state index contributed by atoms with van der Waals surface area (Å²) in [4.78, 5) is 11.8. The number of hydrogen-bond acceptors (Lipinski definition) is 3. The highest BCUT2D eigenvalue weighted by Crippen LogP contribution is 2.13. The molecule has 1 aliphatic heterocycles. The number of rotatable bonds is 1. The number of amides is 1. The summed E-state index contributed by atoms with van der Waals surface area (Å²) in [5.74, 6) is -0.0200. The van der Waals surface area contributed by atoms with Gasteiger partial charge in [-0.3, -0.25) is 4.79 Å². The maximum Gasteiger partial charge on any atom is 0.246 e. The standard InChI is InChI=1S/C7H6N2OS/c10-7-4-5(8-9-7)6-2-1-3-11-6/h1-3H,4H2,(H,9,10). The van der Waals surface area contributed by atoms with Crippen molar-refractivity contribution in [2.75, 3.05) is 0 Å². The molecule has 1 N–H and O–H groups in total. The topological polar surface area (TPSA) is 41.5 Å². The van der Waals surface area contributed by atoms with Gasteiger partial charge >= 0.3 is 0 Å². The number of carbonyl (C=O) groups excluding carboxylic acids is 1. The summed E-state index contributed by atoms with van der Waals surface area (Å²) >= 11 is 1.60. The predicted molar refractivity (Wildman–Crippen MR) is 43.6 cm³/mol. The Labute approximate surface area is 67.7 Å². The Morgan fingerprint density at radius 2 is 2.55 bits per heavy atom. The van der Waals surface area contributed by atoms with Crippen LogP contribution in [-0.2, 0) is 4.79 Å². The predicted octanol–water partition coefficient (Wildman–Crippen LogP) is 0.972. The van der Waals surface area contributed by atoms with Gasteiger partial charge in [-0.2, -0.15) is 5.10 Å². The summed E-state index contributed by atoms with van der Waals surface area (Å²) in [6, 6.07) is 3.91. The molecule has 0 saturated heterocycles. The van der Waals surface area contributed by atoms with Gasteiger partial charge in [0.05, 0.1) is 17.0 Å². The molecule has 2 rings (SSSR count). The Morgan fingerprint density at radius 1 is 1.64 bits per heavy atom. The summed E-state index contributed by atoms with van der Waals surface area (Å²) < 4.78 is 0. The van der Waals surface area contributed by atoms with Gasteiger partial charge in [0, 0.05) is 0 Å². The van der Waals surface area contributed by atoms with Gasteiger partial charge in [-0.1, -0.05) is 6.07 Å². The Kier molecular flexibility index (Phi) is 1.47. The molecule has 4 heteroatoms. The van der Waals surface area contributed by atoms with Crippen LogP contribution >= 0.6 is 11.3 Å². The van der Waals surface area contributed by atoms with Crippen molar-refractivity contribution in [1.29, 1.82) is 0 Å². The second kappa shape index (κ2) is 2.47. The third-order valence-electron chi connectivity index (χ3n) is 1.45. The molecule has 0 aromatic carbocycles. The van der Waals surface area contributed by atoms with Crippen molar-refractivity contribution in [3.8, 4) is 0 Å². The molecular formula is C7H6N2OS. The molecular weight excluding hydrogens is 160 g/mol. The van der Waals surface area contributed by atoms with Crippen LogP contribution in [0.3, 0.4) is 0 Å². The van der Waals surface area contributed by atoms with E-state index in [1.807, 2.05) is 17.5 Å². The molecule has 11 heavy (non-hydrogen) atoms. The fourth-order valence-electron chi connectivity index (χ4n) is 0.946. The molecule has 0 bridgehead atoms. The van der Waals surface area contributed by atoms with Gasteiger partial charge in [0.15, 0.2) is 0 Å².